The van der Waals surface area contributed by atoms with Crippen molar-refractivity contribution >= 4 is 30.0 Å². The fourth-order valence-corrected chi connectivity index (χ4v) is 3.65. The fourth-order valence-electron chi connectivity index (χ4n) is 2.56. The predicted octanol–water partition coefficient (Wildman–Crippen LogP) is 3.40. The molecular formula is C13H19ClN2OS. The van der Waals surface area contributed by atoms with Crippen LogP contribution >= 0.6 is 24.4 Å². The van der Waals surface area contributed by atoms with Crippen molar-refractivity contribution < 1.29 is 4.74 Å². The maximum Gasteiger partial charge on any atom is 0.167 e. The highest BCUT2D eigenvalue weighted by atomic mass is 35.5. The maximum atomic E-state index is 6.33. The van der Waals surface area contributed by atoms with E-state index < -0.39 is 0 Å². The molecule has 1 aromatic rings. The molecule has 3 atom stereocenters. The van der Waals surface area contributed by atoms with Gasteiger partial charge in [-0.1, -0.05) is 25.5 Å². The van der Waals surface area contributed by atoms with Gasteiger partial charge in [-0.2, -0.15) is 0 Å². The van der Waals surface area contributed by atoms with Gasteiger partial charge in [0, 0.05) is 11.5 Å². The summed E-state index contributed by atoms with van der Waals surface area (Å²) in [6.07, 6.45) is 3.33. The first kappa shape index (κ1) is 13.8. The quantitative estimate of drug-likeness (QED) is 0.836. The highest BCUT2D eigenvalue weighted by Crippen LogP contribution is 2.52. The highest BCUT2D eigenvalue weighted by molar-refractivity contribution is 8.01. The van der Waals surface area contributed by atoms with Crippen LogP contribution in [-0.2, 0) is 0 Å². The minimum Gasteiger partial charge on any atom is -0.475 e. The minimum absolute atomic E-state index is 0. The number of fused-ring (bicyclic) bond motifs is 1. The Bertz CT molecular complexity index is 431. The van der Waals surface area contributed by atoms with Crippen LogP contribution in [0.15, 0.2) is 24.3 Å². The van der Waals surface area contributed by atoms with Crippen LogP contribution in [0.4, 0.5) is 5.69 Å². The normalized spacial score (nSPS) is 32.6. The molecule has 3 N–H and O–H groups in total. The van der Waals surface area contributed by atoms with Crippen molar-refractivity contribution in [2.24, 2.45) is 11.7 Å². The van der Waals surface area contributed by atoms with Crippen LogP contribution in [0.2, 0.25) is 0 Å². The van der Waals surface area contributed by atoms with Crippen molar-refractivity contribution in [1.29, 1.82) is 0 Å². The molecule has 0 bridgehead atoms. The van der Waals surface area contributed by atoms with Crippen LogP contribution in [0.1, 0.15) is 26.2 Å². The van der Waals surface area contributed by atoms with E-state index in [1.807, 2.05) is 24.3 Å². The summed E-state index contributed by atoms with van der Waals surface area (Å²) in [5.41, 5.74) is 7.56. The van der Waals surface area contributed by atoms with Crippen molar-refractivity contribution in [2.45, 2.75) is 37.2 Å². The number of halogens is 1. The van der Waals surface area contributed by atoms with Gasteiger partial charge in [-0.3, -0.25) is 0 Å². The monoisotopic (exact) mass is 286 g/mol. The second kappa shape index (κ2) is 5.19. The predicted molar refractivity (Wildman–Crippen MR) is 79.3 cm³/mol. The summed E-state index contributed by atoms with van der Waals surface area (Å²) in [4.78, 5) is 0. The number of hydrogen-bond acceptors (Lipinski definition) is 4. The number of para-hydroxylation sites is 2. The molecule has 1 fully saturated rings. The lowest BCUT2D eigenvalue weighted by Gasteiger charge is -2.27. The first-order chi connectivity index (χ1) is 8.23. The van der Waals surface area contributed by atoms with Gasteiger partial charge in [-0.25, -0.2) is 0 Å². The molecule has 1 aliphatic heterocycles. The van der Waals surface area contributed by atoms with Gasteiger partial charge < -0.3 is 15.2 Å². The van der Waals surface area contributed by atoms with Crippen LogP contribution in [0.5, 0.6) is 5.75 Å². The first-order valence-corrected chi connectivity index (χ1v) is 7.07. The van der Waals surface area contributed by atoms with Crippen molar-refractivity contribution in [3.63, 3.8) is 0 Å². The van der Waals surface area contributed by atoms with Gasteiger partial charge in [-0.05, 0) is 36.9 Å². The molecule has 0 amide bonds. The zero-order valence-corrected chi connectivity index (χ0v) is 12.0. The van der Waals surface area contributed by atoms with Gasteiger partial charge in [0.25, 0.3) is 0 Å². The summed E-state index contributed by atoms with van der Waals surface area (Å²) < 4.78 is 9.37. The lowest BCUT2D eigenvalue weighted by Crippen LogP contribution is -2.32. The van der Waals surface area contributed by atoms with Crippen LogP contribution in [0.25, 0.3) is 0 Å². The average molecular weight is 287 g/mol. The van der Waals surface area contributed by atoms with E-state index in [1.165, 1.54) is 0 Å². The summed E-state index contributed by atoms with van der Waals surface area (Å²) in [6.45, 7) is 2.19. The van der Waals surface area contributed by atoms with Crippen LogP contribution in [-0.4, -0.2) is 11.0 Å². The van der Waals surface area contributed by atoms with Gasteiger partial charge >= 0.3 is 0 Å². The molecule has 0 radical (unpaired) electrons. The van der Waals surface area contributed by atoms with Crippen LogP contribution in [0, 0.1) is 5.92 Å². The lowest BCUT2D eigenvalue weighted by molar-refractivity contribution is 0.249. The number of benzene rings is 1. The molecular weight excluding hydrogens is 268 g/mol. The van der Waals surface area contributed by atoms with Crippen molar-refractivity contribution in [2.75, 3.05) is 4.72 Å². The Kier molecular flexibility index (Phi) is 3.99. The van der Waals surface area contributed by atoms with E-state index >= 15 is 0 Å². The Balaban J connectivity index is 0.00000120. The molecule has 3 rings (SSSR count). The molecule has 5 heteroatoms. The zero-order valence-electron chi connectivity index (χ0n) is 10.4. The summed E-state index contributed by atoms with van der Waals surface area (Å²) in [5, 5.41) is 0. The Hall–Kier alpha value is -0.580. The fraction of sp³-hybridized carbons (Fsp3) is 0.538. The Morgan fingerprint density at radius 2 is 2.28 bits per heavy atom. The van der Waals surface area contributed by atoms with Gasteiger partial charge in [0.2, 0.25) is 0 Å². The second-order valence-corrected chi connectivity index (χ2v) is 5.90. The standard InChI is InChI=1S/C13H18N2OS.ClH/c1-2-7-13(14)8-9(13)12-16-11-6-4-3-5-10(11)15-17-12;/h3-6,9,12,15H,2,7-8,14H2,1H3;1H. The molecule has 0 saturated heterocycles. The van der Waals surface area contributed by atoms with Gasteiger partial charge in [-0.15, -0.1) is 12.4 Å². The molecule has 2 aliphatic rings. The first-order valence-electron chi connectivity index (χ1n) is 6.19. The SMILES string of the molecule is CCCC1(N)CC1C1Oc2ccccc2NS1.Cl. The lowest BCUT2D eigenvalue weighted by atomic mass is 10.1. The van der Waals surface area contributed by atoms with Gasteiger partial charge in [0.15, 0.2) is 5.44 Å². The highest BCUT2D eigenvalue weighted by Gasteiger charge is 2.56. The smallest absolute Gasteiger partial charge is 0.167 e. The van der Waals surface area contributed by atoms with E-state index in [0.29, 0.717) is 5.92 Å². The molecule has 18 heavy (non-hydrogen) atoms. The number of nitrogens with one attached hydrogen (secondary N) is 1. The van der Waals surface area contributed by atoms with Crippen molar-refractivity contribution in [3.05, 3.63) is 24.3 Å². The molecule has 0 aromatic heterocycles. The minimum atomic E-state index is 0. The zero-order chi connectivity index (χ0) is 11.9. The van der Waals surface area contributed by atoms with Crippen LogP contribution in [0.3, 0.4) is 0 Å². The van der Waals surface area contributed by atoms with E-state index in [1.54, 1.807) is 11.9 Å². The number of nitrogens with two attached hydrogens (primary N) is 1. The summed E-state index contributed by atoms with van der Waals surface area (Å²) in [6, 6.07) is 8.06. The number of ether oxygens (including phenoxy) is 1. The third-order valence-corrected chi connectivity index (χ3v) is 4.63. The Labute approximate surface area is 118 Å². The largest absolute Gasteiger partial charge is 0.475 e. The molecule has 1 saturated carbocycles. The molecule has 0 spiro atoms. The molecule has 100 valence electrons. The third kappa shape index (κ3) is 2.42. The van der Waals surface area contributed by atoms with E-state index in [0.717, 1.165) is 30.7 Å². The van der Waals surface area contributed by atoms with Crippen LogP contribution < -0.4 is 15.2 Å². The molecule has 1 heterocycles. The Morgan fingerprint density at radius 1 is 1.50 bits per heavy atom. The van der Waals surface area contributed by atoms with E-state index in [-0.39, 0.29) is 23.4 Å². The molecule has 3 nitrogen and oxygen atoms in total. The van der Waals surface area contributed by atoms with Crippen molar-refractivity contribution in [1.82, 2.24) is 0 Å². The van der Waals surface area contributed by atoms with Gasteiger partial charge in [0.1, 0.15) is 5.75 Å². The Morgan fingerprint density at radius 3 is 3.06 bits per heavy atom. The number of rotatable bonds is 3. The summed E-state index contributed by atoms with van der Waals surface area (Å²) >= 11 is 1.65. The third-order valence-electron chi connectivity index (χ3n) is 3.64. The van der Waals surface area contributed by atoms with Gasteiger partial charge in [0.05, 0.1) is 5.69 Å². The van der Waals surface area contributed by atoms with Crippen molar-refractivity contribution in [3.8, 4) is 5.75 Å². The summed E-state index contributed by atoms with van der Waals surface area (Å²) in [7, 11) is 0. The second-order valence-electron chi connectivity index (χ2n) is 5.00. The summed E-state index contributed by atoms with van der Waals surface area (Å²) in [5.74, 6) is 1.43. The maximum absolute atomic E-state index is 6.33. The average Bonchev–Trinajstić information content (AvgIpc) is 3.01. The van der Waals surface area contributed by atoms with E-state index in [2.05, 4.69) is 11.6 Å². The molecule has 1 aliphatic carbocycles. The topological polar surface area (TPSA) is 47.3 Å². The molecule has 1 aromatic carbocycles. The van der Waals surface area contributed by atoms with E-state index in [4.69, 9.17) is 10.5 Å². The molecule has 3 unspecified atom stereocenters. The van der Waals surface area contributed by atoms with E-state index in [9.17, 15) is 0 Å². The number of hydrogen-bond donors (Lipinski definition) is 2. The number of anilines is 1.